The summed E-state index contributed by atoms with van der Waals surface area (Å²) in [4.78, 5) is 10.3. The lowest BCUT2D eigenvalue weighted by Gasteiger charge is -2.23. The zero-order chi connectivity index (χ0) is 14.6. The van der Waals surface area contributed by atoms with Crippen LogP contribution in [0.15, 0.2) is 24.3 Å². The summed E-state index contributed by atoms with van der Waals surface area (Å²) in [7, 11) is -3.58. The highest BCUT2D eigenvalue weighted by molar-refractivity contribution is 7.88. The Morgan fingerprint density at radius 2 is 2.15 bits per heavy atom. The van der Waals surface area contributed by atoms with Crippen LogP contribution < -0.4 is 10.0 Å². The second-order valence-electron chi connectivity index (χ2n) is 4.81. The highest BCUT2D eigenvalue weighted by atomic mass is 32.2. The van der Waals surface area contributed by atoms with E-state index in [-0.39, 0.29) is 23.0 Å². The molecule has 0 amide bonds. The van der Waals surface area contributed by atoms with Crippen molar-refractivity contribution < 1.29 is 13.3 Å². The predicted octanol–water partition coefficient (Wildman–Crippen LogP) is 0.766. The zero-order valence-corrected chi connectivity index (χ0v) is 11.7. The molecule has 8 heteroatoms. The Morgan fingerprint density at radius 3 is 2.80 bits per heavy atom. The molecule has 1 atom stereocenters. The number of sulfonamides is 1. The first-order valence-corrected chi connectivity index (χ1v) is 8.06. The molecule has 1 aromatic rings. The topological polar surface area (TPSA) is 101 Å². The van der Waals surface area contributed by atoms with E-state index in [0.717, 1.165) is 19.4 Å². The maximum Gasteiger partial charge on any atom is 0.273 e. The van der Waals surface area contributed by atoms with Gasteiger partial charge < -0.3 is 5.32 Å². The maximum atomic E-state index is 12.1. The van der Waals surface area contributed by atoms with Crippen molar-refractivity contribution in [3.8, 4) is 0 Å². The Kier molecular flexibility index (Phi) is 4.69. The van der Waals surface area contributed by atoms with E-state index in [4.69, 9.17) is 0 Å². The van der Waals surface area contributed by atoms with Crippen molar-refractivity contribution in [1.29, 1.82) is 0 Å². The Bertz CT molecular complexity index is 582. The van der Waals surface area contributed by atoms with Gasteiger partial charge in [-0.25, -0.2) is 13.1 Å². The van der Waals surface area contributed by atoms with Crippen molar-refractivity contribution in [3.63, 3.8) is 0 Å². The number of para-hydroxylation sites is 1. The van der Waals surface area contributed by atoms with Crippen LogP contribution in [0.4, 0.5) is 5.69 Å². The van der Waals surface area contributed by atoms with Crippen molar-refractivity contribution in [2.24, 2.45) is 0 Å². The first kappa shape index (κ1) is 14.9. The van der Waals surface area contributed by atoms with Crippen LogP contribution in [0, 0.1) is 10.1 Å². The highest BCUT2D eigenvalue weighted by Crippen LogP contribution is 2.20. The number of hydrogen-bond donors (Lipinski definition) is 2. The van der Waals surface area contributed by atoms with Gasteiger partial charge in [-0.3, -0.25) is 10.1 Å². The van der Waals surface area contributed by atoms with E-state index in [9.17, 15) is 18.5 Å². The number of benzene rings is 1. The molecule has 2 rings (SSSR count). The zero-order valence-electron chi connectivity index (χ0n) is 10.9. The van der Waals surface area contributed by atoms with E-state index >= 15 is 0 Å². The van der Waals surface area contributed by atoms with Gasteiger partial charge in [0.15, 0.2) is 0 Å². The van der Waals surface area contributed by atoms with Crippen LogP contribution in [0.25, 0.3) is 0 Å². The molecule has 2 N–H and O–H groups in total. The Labute approximate surface area is 117 Å². The predicted molar refractivity (Wildman–Crippen MR) is 74.7 cm³/mol. The molecule has 1 aliphatic heterocycles. The summed E-state index contributed by atoms with van der Waals surface area (Å²) in [6.45, 7) is 1.48. The molecule has 0 unspecified atom stereocenters. The summed E-state index contributed by atoms with van der Waals surface area (Å²) in [5.74, 6) is -0.374. The third-order valence-electron chi connectivity index (χ3n) is 3.18. The maximum absolute atomic E-state index is 12.1. The molecule has 0 spiro atoms. The number of nitrogens with zero attached hydrogens (tertiary/aromatic N) is 1. The third kappa shape index (κ3) is 3.99. The number of hydrogen-bond acceptors (Lipinski definition) is 5. The summed E-state index contributed by atoms with van der Waals surface area (Å²) in [5.41, 5.74) is 0.0356. The fraction of sp³-hybridized carbons (Fsp3) is 0.500. The highest BCUT2D eigenvalue weighted by Gasteiger charge is 2.23. The van der Waals surface area contributed by atoms with Crippen LogP contribution >= 0.6 is 0 Å². The molecule has 1 aromatic carbocycles. The van der Waals surface area contributed by atoms with Gasteiger partial charge in [0.05, 0.1) is 10.7 Å². The molecule has 0 radical (unpaired) electrons. The molecule has 0 aliphatic carbocycles. The number of rotatable bonds is 5. The molecule has 0 bridgehead atoms. The summed E-state index contributed by atoms with van der Waals surface area (Å²) in [5, 5.41) is 14.0. The lowest BCUT2D eigenvalue weighted by Crippen LogP contribution is -2.45. The van der Waals surface area contributed by atoms with E-state index in [2.05, 4.69) is 10.0 Å². The molecule has 1 heterocycles. The number of nitro benzene ring substituents is 1. The first-order chi connectivity index (χ1) is 9.48. The minimum Gasteiger partial charge on any atom is -0.315 e. The van der Waals surface area contributed by atoms with E-state index in [1.165, 1.54) is 18.2 Å². The van der Waals surface area contributed by atoms with Gasteiger partial charge in [0.1, 0.15) is 0 Å². The van der Waals surface area contributed by atoms with Crippen LogP contribution in [0.2, 0.25) is 0 Å². The Hall–Kier alpha value is -1.51. The minimum absolute atomic E-state index is 0.142. The molecule has 20 heavy (non-hydrogen) atoms. The van der Waals surface area contributed by atoms with Crippen LogP contribution in [0.1, 0.15) is 18.4 Å². The second kappa shape index (κ2) is 6.29. The van der Waals surface area contributed by atoms with Gasteiger partial charge in [0.2, 0.25) is 10.0 Å². The van der Waals surface area contributed by atoms with Gasteiger partial charge in [-0.1, -0.05) is 18.2 Å². The molecular weight excluding hydrogens is 282 g/mol. The summed E-state index contributed by atoms with van der Waals surface area (Å²) in [6.07, 6.45) is 1.70. The van der Waals surface area contributed by atoms with E-state index in [0.29, 0.717) is 6.54 Å². The summed E-state index contributed by atoms with van der Waals surface area (Å²) < 4.78 is 26.8. The molecule has 7 nitrogen and oxygen atoms in total. The van der Waals surface area contributed by atoms with Gasteiger partial charge in [0, 0.05) is 24.2 Å². The molecule has 110 valence electrons. The van der Waals surface area contributed by atoms with Gasteiger partial charge in [0.25, 0.3) is 5.69 Å². The SMILES string of the molecule is O=[N+]([O-])c1ccccc1CS(=O)(=O)N[C@@H]1CCCNC1. The fourth-order valence-electron chi connectivity index (χ4n) is 2.26. The van der Waals surface area contributed by atoms with Crippen molar-refractivity contribution in [2.75, 3.05) is 13.1 Å². The van der Waals surface area contributed by atoms with Crippen LogP contribution in [-0.4, -0.2) is 32.5 Å². The van der Waals surface area contributed by atoms with E-state index in [1.54, 1.807) is 6.07 Å². The Balaban J connectivity index is 2.10. The average Bonchev–Trinajstić information content (AvgIpc) is 2.39. The van der Waals surface area contributed by atoms with Gasteiger partial charge in [-0.2, -0.15) is 0 Å². The monoisotopic (exact) mass is 299 g/mol. The van der Waals surface area contributed by atoms with Gasteiger partial charge in [-0.05, 0) is 19.4 Å². The van der Waals surface area contributed by atoms with Crippen LogP contribution in [-0.2, 0) is 15.8 Å². The quantitative estimate of drug-likeness (QED) is 0.617. The molecule has 1 saturated heterocycles. The van der Waals surface area contributed by atoms with Crippen LogP contribution in [0.5, 0.6) is 0 Å². The lowest BCUT2D eigenvalue weighted by molar-refractivity contribution is -0.385. The molecular formula is C12H17N3O4S. The first-order valence-electron chi connectivity index (χ1n) is 6.41. The fourth-order valence-corrected chi connectivity index (χ4v) is 3.71. The smallest absolute Gasteiger partial charge is 0.273 e. The standard InChI is InChI=1S/C12H17N3O4S/c16-15(17)12-6-2-1-4-10(12)9-20(18,19)14-11-5-3-7-13-8-11/h1-2,4,6,11,13-14H,3,5,7-9H2/t11-/m1/s1. The van der Waals surface area contributed by atoms with Crippen molar-refractivity contribution >= 4 is 15.7 Å². The Morgan fingerprint density at radius 1 is 1.40 bits per heavy atom. The normalized spacial score (nSPS) is 19.7. The number of nitro groups is 1. The molecule has 0 saturated carbocycles. The molecule has 0 aromatic heterocycles. The largest absolute Gasteiger partial charge is 0.315 e. The van der Waals surface area contributed by atoms with Crippen molar-refractivity contribution in [1.82, 2.24) is 10.0 Å². The summed E-state index contributed by atoms with van der Waals surface area (Å²) in [6, 6.07) is 5.76. The third-order valence-corrected chi connectivity index (χ3v) is 4.56. The van der Waals surface area contributed by atoms with Crippen molar-refractivity contribution in [2.45, 2.75) is 24.6 Å². The minimum atomic E-state index is -3.58. The molecule has 1 aliphatic rings. The number of piperidine rings is 1. The van der Waals surface area contributed by atoms with Gasteiger partial charge in [-0.15, -0.1) is 0 Å². The van der Waals surface area contributed by atoms with E-state index in [1.807, 2.05) is 0 Å². The lowest BCUT2D eigenvalue weighted by atomic mass is 10.1. The summed E-state index contributed by atoms with van der Waals surface area (Å²) >= 11 is 0. The second-order valence-corrected chi connectivity index (χ2v) is 6.56. The number of nitrogens with one attached hydrogen (secondary N) is 2. The van der Waals surface area contributed by atoms with E-state index < -0.39 is 14.9 Å². The molecule has 1 fully saturated rings. The average molecular weight is 299 g/mol. The van der Waals surface area contributed by atoms with Crippen molar-refractivity contribution in [3.05, 3.63) is 39.9 Å². The van der Waals surface area contributed by atoms with Gasteiger partial charge >= 0.3 is 0 Å². The van der Waals surface area contributed by atoms with Crippen LogP contribution in [0.3, 0.4) is 0 Å².